The Balaban J connectivity index is 2.51. The molecule has 0 aliphatic heterocycles. The van der Waals surface area contributed by atoms with Gasteiger partial charge >= 0.3 is 0 Å². The average molecular weight is 180 g/mol. The van der Waals surface area contributed by atoms with E-state index < -0.39 is 0 Å². The average Bonchev–Trinajstić information content (AvgIpc) is 2.02. The molecule has 2 nitrogen and oxygen atoms in total. The molecule has 1 aromatic heterocycles. The number of hydrogen-bond acceptors (Lipinski definition) is 1. The molecule has 0 atom stereocenters. The number of rotatable bonds is 2. The van der Waals surface area contributed by atoms with Gasteiger partial charge in [0.25, 0.3) is 0 Å². The molecule has 72 valence electrons. The van der Waals surface area contributed by atoms with Crippen LogP contribution in [-0.2, 0) is 7.05 Å². The van der Waals surface area contributed by atoms with Crippen LogP contribution in [0.2, 0.25) is 0 Å². The van der Waals surface area contributed by atoms with Crippen LogP contribution >= 0.6 is 0 Å². The van der Waals surface area contributed by atoms with Gasteiger partial charge in [0.05, 0.1) is 6.61 Å². The number of aryl methyl sites for hydroxylation is 1. The first-order chi connectivity index (χ1) is 5.97. The van der Waals surface area contributed by atoms with Gasteiger partial charge in [-0.25, -0.2) is 4.57 Å². The summed E-state index contributed by atoms with van der Waals surface area (Å²) in [4.78, 5) is 0. The zero-order valence-electron chi connectivity index (χ0n) is 8.87. The van der Waals surface area contributed by atoms with Crippen molar-refractivity contribution in [2.45, 2.75) is 20.8 Å². The first kappa shape index (κ1) is 10.0. The number of ether oxygens (including phenoxy) is 1. The Kier molecular flexibility index (Phi) is 2.91. The smallest absolute Gasteiger partial charge is 0.172 e. The zero-order valence-corrected chi connectivity index (χ0v) is 8.87. The van der Waals surface area contributed by atoms with Gasteiger partial charge < -0.3 is 4.74 Å². The van der Waals surface area contributed by atoms with Crippen molar-refractivity contribution in [2.75, 3.05) is 6.61 Å². The van der Waals surface area contributed by atoms with E-state index in [2.05, 4.69) is 20.8 Å². The van der Waals surface area contributed by atoms with Gasteiger partial charge in [-0.15, -0.1) is 0 Å². The van der Waals surface area contributed by atoms with Crippen molar-refractivity contribution >= 4 is 0 Å². The fourth-order valence-electron chi connectivity index (χ4n) is 0.883. The lowest BCUT2D eigenvalue weighted by molar-refractivity contribution is -0.671. The summed E-state index contributed by atoms with van der Waals surface area (Å²) in [6, 6.07) is 3.96. The molecule has 0 radical (unpaired) electrons. The molecule has 2 heteroatoms. The van der Waals surface area contributed by atoms with E-state index in [0.717, 1.165) is 12.4 Å². The zero-order chi connectivity index (χ0) is 9.90. The molecule has 0 saturated carbocycles. The van der Waals surface area contributed by atoms with Gasteiger partial charge in [-0.3, -0.25) is 0 Å². The third-order valence-corrected chi connectivity index (χ3v) is 1.62. The molecule has 0 aliphatic carbocycles. The fraction of sp³-hybridized carbons (Fsp3) is 0.545. The highest BCUT2D eigenvalue weighted by Crippen LogP contribution is 2.15. The van der Waals surface area contributed by atoms with E-state index in [9.17, 15) is 0 Å². The Bertz CT molecular complexity index is 258. The lowest BCUT2D eigenvalue weighted by atomic mass is 9.99. The van der Waals surface area contributed by atoms with Crippen LogP contribution < -0.4 is 9.30 Å². The Morgan fingerprint density at radius 1 is 1.23 bits per heavy atom. The highest BCUT2D eigenvalue weighted by molar-refractivity contribution is 5.14. The van der Waals surface area contributed by atoms with Gasteiger partial charge in [-0.2, -0.15) is 0 Å². The van der Waals surface area contributed by atoms with Crippen LogP contribution in [0, 0.1) is 5.41 Å². The number of pyridine rings is 1. The molecule has 0 spiro atoms. The van der Waals surface area contributed by atoms with E-state index in [1.54, 1.807) is 0 Å². The summed E-state index contributed by atoms with van der Waals surface area (Å²) in [7, 11) is 1.99. The second kappa shape index (κ2) is 3.77. The first-order valence-electron chi connectivity index (χ1n) is 4.55. The van der Waals surface area contributed by atoms with Crippen molar-refractivity contribution in [3.63, 3.8) is 0 Å². The van der Waals surface area contributed by atoms with Gasteiger partial charge in [0.2, 0.25) is 0 Å². The molecular formula is C11H18NO+. The third-order valence-electron chi connectivity index (χ3n) is 1.62. The maximum absolute atomic E-state index is 5.61. The highest BCUT2D eigenvalue weighted by Gasteiger charge is 2.11. The SMILES string of the molecule is C[n+]1ccc(OCC(C)(C)C)cc1. The summed E-state index contributed by atoms with van der Waals surface area (Å²) >= 11 is 0. The summed E-state index contributed by atoms with van der Waals surface area (Å²) < 4.78 is 7.60. The maximum Gasteiger partial charge on any atom is 0.172 e. The quantitative estimate of drug-likeness (QED) is 0.634. The number of hydrogen-bond donors (Lipinski definition) is 0. The molecule has 0 aliphatic rings. The molecule has 13 heavy (non-hydrogen) atoms. The second-order valence-electron chi connectivity index (χ2n) is 4.55. The van der Waals surface area contributed by atoms with Gasteiger partial charge in [0, 0.05) is 12.1 Å². The van der Waals surface area contributed by atoms with Crippen LogP contribution in [0.4, 0.5) is 0 Å². The lowest BCUT2D eigenvalue weighted by Crippen LogP contribution is -2.26. The third kappa shape index (κ3) is 3.92. The van der Waals surface area contributed by atoms with Crippen LogP contribution in [0.5, 0.6) is 5.75 Å². The largest absolute Gasteiger partial charge is 0.493 e. The molecular weight excluding hydrogens is 162 g/mol. The Labute approximate surface area is 80.2 Å². The van der Waals surface area contributed by atoms with Gasteiger partial charge in [-0.1, -0.05) is 20.8 Å². The van der Waals surface area contributed by atoms with E-state index in [1.807, 2.05) is 36.1 Å². The van der Waals surface area contributed by atoms with E-state index in [0.29, 0.717) is 0 Å². The summed E-state index contributed by atoms with van der Waals surface area (Å²) in [5, 5.41) is 0. The van der Waals surface area contributed by atoms with Gasteiger partial charge in [0.1, 0.15) is 12.8 Å². The first-order valence-corrected chi connectivity index (χ1v) is 4.55. The molecule has 0 amide bonds. The molecule has 0 saturated heterocycles. The molecule has 0 unspecified atom stereocenters. The summed E-state index contributed by atoms with van der Waals surface area (Å²) in [5.74, 6) is 0.938. The van der Waals surface area contributed by atoms with Crippen LogP contribution in [0.15, 0.2) is 24.5 Å². The van der Waals surface area contributed by atoms with Crippen LogP contribution in [-0.4, -0.2) is 6.61 Å². The van der Waals surface area contributed by atoms with E-state index >= 15 is 0 Å². The monoisotopic (exact) mass is 180 g/mol. The molecule has 0 N–H and O–H groups in total. The molecule has 1 rings (SSSR count). The molecule has 0 fully saturated rings. The van der Waals surface area contributed by atoms with Crippen molar-refractivity contribution in [3.05, 3.63) is 24.5 Å². The molecule has 1 heterocycles. The molecule has 1 aromatic rings. The van der Waals surface area contributed by atoms with Crippen molar-refractivity contribution in [3.8, 4) is 5.75 Å². The molecule has 0 bridgehead atoms. The van der Waals surface area contributed by atoms with Crippen molar-refractivity contribution in [2.24, 2.45) is 12.5 Å². The number of nitrogens with zero attached hydrogens (tertiary/aromatic N) is 1. The topological polar surface area (TPSA) is 13.1 Å². The predicted octanol–water partition coefficient (Wildman–Crippen LogP) is 1.94. The minimum absolute atomic E-state index is 0.220. The Morgan fingerprint density at radius 3 is 2.23 bits per heavy atom. The maximum atomic E-state index is 5.61. The van der Waals surface area contributed by atoms with Crippen molar-refractivity contribution < 1.29 is 9.30 Å². The summed E-state index contributed by atoms with van der Waals surface area (Å²) in [5.41, 5.74) is 0.220. The lowest BCUT2D eigenvalue weighted by Gasteiger charge is -2.18. The molecule has 0 aromatic carbocycles. The van der Waals surface area contributed by atoms with Crippen LogP contribution in [0.3, 0.4) is 0 Å². The van der Waals surface area contributed by atoms with E-state index in [-0.39, 0.29) is 5.41 Å². The summed E-state index contributed by atoms with van der Waals surface area (Å²) in [6.07, 6.45) is 3.97. The Morgan fingerprint density at radius 2 is 1.77 bits per heavy atom. The van der Waals surface area contributed by atoms with Crippen LogP contribution in [0.1, 0.15) is 20.8 Å². The minimum Gasteiger partial charge on any atom is -0.493 e. The van der Waals surface area contributed by atoms with E-state index in [4.69, 9.17) is 4.74 Å². The standard InChI is InChI=1S/C11H18NO/c1-11(2,3)9-13-10-5-7-12(4)8-6-10/h5-8H,9H2,1-4H3/q+1. The Hall–Kier alpha value is -1.05. The normalized spacial score (nSPS) is 11.4. The van der Waals surface area contributed by atoms with Crippen molar-refractivity contribution in [1.82, 2.24) is 0 Å². The van der Waals surface area contributed by atoms with Crippen molar-refractivity contribution in [1.29, 1.82) is 0 Å². The fourth-order valence-corrected chi connectivity index (χ4v) is 0.883. The van der Waals surface area contributed by atoms with E-state index in [1.165, 1.54) is 0 Å². The predicted molar refractivity (Wildman–Crippen MR) is 52.6 cm³/mol. The van der Waals surface area contributed by atoms with Gasteiger partial charge in [0.15, 0.2) is 12.4 Å². The van der Waals surface area contributed by atoms with Gasteiger partial charge in [-0.05, 0) is 5.41 Å². The second-order valence-corrected chi connectivity index (χ2v) is 4.55. The number of aromatic nitrogens is 1. The summed E-state index contributed by atoms with van der Waals surface area (Å²) in [6.45, 7) is 7.24. The minimum atomic E-state index is 0.220. The van der Waals surface area contributed by atoms with Crippen LogP contribution in [0.25, 0.3) is 0 Å². The highest BCUT2D eigenvalue weighted by atomic mass is 16.5.